The third kappa shape index (κ3) is 3.00. The summed E-state index contributed by atoms with van der Waals surface area (Å²) in [6.07, 6.45) is 2.73. The Kier molecular flexibility index (Phi) is 3.82. The van der Waals surface area contributed by atoms with Crippen molar-refractivity contribution in [1.29, 1.82) is 0 Å². The number of hydrogen-bond acceptors (Lipinski definition) is 3. The predicted molar refractivity (Wildman–Crippen MR) is 76.8 cm³/mol. The van der Waals surface area contributed by atoms with E-state index in [-0.39, 0.29) is 0 Å². The lowest BCUT2D eigenvalue weighted by Crippen LogP contribution is -2.22. The number of pyridine rings is 1. The molecule has 0 saturated heterocycles. The van der Waals surface area contributed by atoms with Crippen LogP contribution in [-0.4, -0.2) is 18.6 Å². The maximum Gasteiger partial charge on any atom is 0.131 e. The minimum Gasteiger partial charge on any atom is -0.397 e. The maximum absolute atomic E-state index is 5.71. The van der Waals surface area contributed by atoms with Crippen molar-refractivity contribution >= 4 is 11.5 Å². The lowest BCUT2D eigenvalue weighted by molar-refractivity contribution is 0.855. The van der Waals surface area contributed by atoms with E-state index < -0.39 is 0 Å². The first kappa shape index (κ1) is 12.4. The molecule has 0 unspecified atom stereocenters. The van der Waals surface area contributed by atoms with Gasteiger partial charge >= 0.3 is 0 Å². The standard InChI is InChI=1S/C15H19N3/c1-12-10-14(16)11-17-15(12)18(2)9-8-13-6-4-3-5-7-13/h3-7,10-11H,8-9,16H2,1-2H3. The van der Waals surface area contributed by atoms with Crippen LogP contribution in [0.4, 0.5) is 11.5 Å². The summed E-state index contributed by atoms with van der Waals surface area (Å²) in [6, 6.07) is 12.4. The number of aromatic nitrogens is 1. The average Bonchev–Trinajstić information content (AvgIpc) is 2.37. The van der Waals surface area contributed by atoms with Crippen molar-refractivity contribution in [1.82, 2.24) is 4.98 Å². The number of hydrogen-bond donors (Lipinski definition) is 1. The molecule has 0 fully saturated rings. The topological polar surface area (TPSA) is 42.1 Å². The van der Waals surface area contributed by atoms with Crippen LogP contribution in [0.3, 0.4) is 0 Å². The third-order valence-electron chi connectivity index (χ3n) is 3.01. The lowest BCUT2D eigenvalue weighted by Gasteiger charge is -2.20. The normalized spacial score (nSPS) is 10.3. The number of nitrogens with zero attached hydrogens (tertiary/aromatic N) is 2. The SMILES string of the molecule is Cc1cc(N)cnc1N(C)CCc1ccccc1. The Hall–Kier alpha value is -2.03. The number of rotatable bonds is 4. The Balaban J connectivity index is 2.01. The number of likely N-dealkylation sites (N-methyl/N-ethyl adjacent to an activating group) is 1. The molecule has 3 heteroatoms. The van der Waals surface area contributed by atoms with Gasteiger partial charge in [-0.1, -0.05) is 30.3 Å². The van der Waals surface area contributed by atoms with Crippen molar-refractivity contribution in [3.05, 3.63) is 53.7 Å². The van der Waals surface area contributed by atoms with E-state index in [9.17, 15) is 0 Å². The van der Waals surface area contributed by atoms with Crippen LogP contribution in [0.1, 0.15) is 11.1 Å². The van der Waals surface area contributed by atoms with Gasteiger partial charge in [-0.2, -0.15) is 0 Å². The molecule has 1 aromatic carbocycles. The van der Waals surface area contributed by atoms with E-state index in [0.29, 0.717) is 5.69 Å². The van der Waals surface area contributed by atoms with Crippen molar-refractivity contribution in [2.75, 3.05) is 24.2 Å². The number of aryl methyl sites for hydroxylation is 1. The summed E-state index contributed by atoms with van der Waals surface area (Å²) in [7, 11) is 2.06. The first-order valence-corrected chi connectivity index (χ1v) is 6.14. The summed E-state index contributed by atoms with van der Waals surface area (Å²) < 4.78 is 0. The molecular formula is C15H19N3. The van der Waals surface area contributed by atoms with E-state index in [1.807, 2.05) is 19.1 Å². The summed E-state index contributed by atoms with van der Waals surface area (Å²) in [5.41, 5.74) is 8.89. The van der Waals surface area contributed by atoms with Crippen molar-refractivity contribution in [3.8, 4) is 0 Å². The number of anilines is 2. The smallest absolute Gasteiger partial charge is 0.131 e. The third-order valence-corrected chi connectivity index (χ3v) is 3.01. The van der Waals surface area contributed by atoms with Gasteiger partial charge in [0.1, 0.15) is 5.82 Å². The Morgan fingerprint density at radius 1 is 1.22 bits per heavy atom. The first-order chi connectivity index (χ1) is 8.66. The molecule has 3 nitrogen and oxygen atoms in total. The summed E-state index contributed by atoms with van der Waals surface area (Å²) in [6.45, 7) is 2.99. The minimum atomic E-state index is 0.715. The molecule has 2 aromatic rings. The monoisotopic (exact) mass is 241 g/mol. The second-order valence-corrected chi connectivity index (χ2v) is 4.57. The van der Waals surface area contributed by atoms with Crippen molar-refractivity contribution in [2.45, 2.75) is 13.3 Å². The van der Waals surface area contributed by atoms with Gasteiger partial charge in [-0.25, -0.2) is 4.98 Å². The second kappa shape index (κ2) is 5.54. The fourth-order valence-electron chi connectivity index (χ4n) is 2.04. The Labute approximate surface area is 108 Å². The molecule has 18 heavy (non-hydrogen) atoms. The van der Waals surface area contributed by atoms with Crippen LogP contribution in [0.15, 0.2) is 42.6 Å². The van der Waals surface area contributed by atoms with E-state index in [2.05, 4.69) is 41.2 Å². The molecule has 0 spiro atoms. The molecule has 0 atom stereocenters. The molecule has 2 rings (SSSR count). The molecule has 1 aromatic heterocycles. The highest BCUT2D eigenvalue weighted by Crippen LogP contribution is 2.17. The number of benzene rings is 1. The Bertz CT molecular complexity index is 508. The summed E-state index contributed by atoms with van der Waals surface area (Å²) in [5.74, 6) is 1.00. The zero-order valence-corrected chi connectivity index (χ0v) is 10.9. The van der Waals surface area contributed by atoms with Crippen LogP contribution in [-0.2, 0) is 6.42 Å². The highest BCUT2D eigenvalue weighted by molar-refractivity contribution is 5.52. The first-order valence-electron chi connectivity index (χ1n) is 6.14. The Morgan fingerprint density at radius 2 is 1.94 bits per heavy atom. The molecule has 0 bridgehead atoms. The van der Waals surface area contributed by atoms with Gasteiger partial charge in [0.05, 0.1) is 11.9 Å². The number of nitrogen functional groups attached to an aromatic ring is 1. The van der Waals surface area contributed by atoms with E-state index >= 15 is 0 Å². The van der Waals surface area contributed by atoms with Crippen molar-refractivity contribution < 1.29 is 0 Å². The Morgan fingerprint density at radius 3 is 2.61 bits per heavy atom. The molecule has 0 aliphatic carbocycles. The van der Waals surface area contributed by atoms with Crippen LogP contribution in [0.5, 0.6) is 0 Å². The maximum atomic E-state index is 5.71. The average molecular weight is 241 g/mol. The molecule has 1 heterocycles. The zero-order valence-electron chi connectivity index (χ0n) is 10.9. The summed E-state index contributed by atoms with van der Waals surface area (Å²) >= 11 is 0. The van der Waals surface area contributed by atoms with Crippen LogP contribution in [0, 0.1) is 6.92 Å². The van der Waals surface area contributed by atoms with Gasteiger partial charge in [0, 0.05) is 13.6 Å². The van der Waals surface area contributed by atoms with Gasteiger partial charge in [0.15, 0.2) is 0 Å². The minimum absolute atomic E-state index is 0.715. The van der Waals surface area contributed by atoms with Crippen LogP contribution in [0.2, 0.25) is 0 Å². The molecule has 0 aliphatic rings. The van der Waals surface area contributed by atoms with Gasteiger partial charge in [0.2, 0.25) is 0 Å². The molecule has 0 saturated carbocycles. The molecule has 2 N–H and O–H groups in total. The molecule has 0 aliphatic heterocycles. The zero-order chi connectivity index (χ0) is 13.0. The highest BCUT2D eigenvalue weighted by Gasteiger charge is 2.06. The van der Waals surface area contributed by atoms with E-state index in [4.69, 9.17) is 5.73 Å². The fourth-order valence-corrected chi connectivity index (χ4v) is 2.04. The molecule has 94 valence electrons. The van der Waals surface area contributed by atoms with E-state index in [0.717, 1.165) is 24.3 Å². The molecular weight excluding hydrogens is 222 g/mol. The van der Waals surface area contributed by atoms with Crippen LogP contribution < -0.4 is 10.6 Å². The van der Waals surface area contributed by atoms with E-state index in [1.165, 1.54) is 5.56 Å². The predicted octanol–water partition coefficient (Wildman–Crippen LogP) is 2.65. The quantitative estimate of drug-likeness (QED) is 0.894. The van der Waals surface area contributed by atoms with Crippen molar-refractivity contribution in [2.24, 2.45) is 0 Å². The number of nitrogens with two attached hydrogens (primary N) is 1. The van der Waals surface area contributed by atoms with Crippen LogP contribution in [0.25, 0.3) is 0 Å². The summed E-state index contributed by atoms with van der Waals surface area (Å²) in [5, 5.41) is 0. The lowest BCUT2D eigenvalue weighted by atomic mass is 10.1. The van der Waals surface area contributed by atoms with Gasteiger partial charge in [-0.05, 0) is 30.5 Å². The van der Waals surface area contributed by atoms with Gasteiger partial charge in [0.25, 0.3) is 0 Å². The van der Waals surface area contributed by atoms with E-state index in [1.54, 1.807) is 6.20 Å². The van der Waals surface area contributed by atoms with Gasteiger partial charge < -0.3 is 10.6 Å². The van der Waals surface area contributed by atoms with Crippen LogP contribution >= 0.6 is 0 Å². The molecule has 0 amide bonds. The fraction of sp³-hybridized carbons (Fsp3) is 0.267. The second-order valence-electron chi connectivity index (χ2n) is 4.57. The molecule has 0 radical (unpaired) electrons. The highest BCUT2D eigenvalue weighted by atomic mass is 15.2. The summed E-state index contributed by atoms with van der Waals surface area (Å²) in [4.78, 5) is 6.56. The van der Waals surface area contributed by atoms with Gasteiger partial charge in [-0.3, -0.25) is 0 Å². The van der Waals surface area contributed by atoms with Gasteiger partial charge in [-0.15, -0.1) is 0 Å². The van der Waals surface area contributed by atoms with Crippen molar-refractivity contribution in [3.63, 3.8) is 0 Å². The largest absolute Gasteiger partial charge is 0.397 e.